The molecule has 1 saturated carbocycles. The van der Waals surface area contributed by atoms with Crippen LogP contribution in [0.4, 0.5) is 18.9 Å². The second kappa shape index (κ2) is 5.18. The van der Waals surface area contributed by atoms with E-state index in [0.29, 0.717) is 11.6 Å². The lowest BCUT2D eigenvalue weighted by Crippen LogP contribution is -2.17. The molecule has 1 fully saturated rings. The number of hydrogen-bond acceptors (Lipinski definition) is 2. The maximum atomic E-state index is 12.6. The molecule has 1 aromatic rings. The molecule has 1 aromatic carbocycles. The Hall–Kier alpha value is -1.23. The molecule has 3 N–H and O–H groups in total. The number of alkyl halides is 3. The molecule has 0 saturated heterocycles. The molecule has 5 heteroatoms. The monoisotopic (exact) mass is 258 g/mol. The fraction of sp³-hybridized carbons (Fsp3) is 0.538. The van der Waals surface area contributed by atoms with Crippen molar-refractivity contribution in [2.45, 2.75) is 44.4 Å². The van der Waals surface area contributed by atoms with Crippen LogP contribution in [0.25, 0.3) is 0 Å². The number of benzene rings is 1. The van der Waals surface area contributed by atoms with E-state index in [0.717, 1.165) is 30.7 Å². The van der Waals surface area contributed by atoms with Gasteiger partial charge in [-0.15, -0.1) is 0 Å². The van der Waals surface area contributed by atoms with Crippen molar-refractivity contribution in [3.05, 3.63) is 29.3 Å². The summed E-state index contributed by atoms with van der Waals surface area (Å²) in [4.78, 5) is 0. The van der Waals surface area contributed by atoms with Crippen LogP contribution in [0, 0.1) is 0 Å². The highest BCUT2D eigenvalue weighted by Crippen LogP contribution is 2.32. The van der Waals surface area contributed by atoms with Crippen molar-refractivity contribution in [3.63, 3.8) is 0 Å². The van der Waals surface area contributed by atoms with Gasteiger partial charge in [-0.1, -0.05) is 12.8 Å². The predicted molar refractivity (Wildman–Crippen MR) is 65.2 cm³/mol. The minimum absolute atomic E-state index is 0.110. The number of anilines is 1. The number of halogens is 3. The molecule has 0 heterocycles. The van der Waals surface area contributed by atoms with E-state index < -0.39 is 11.7 Å². The van der Waals surface area contributed by atoms with Gasteiger partial charge < -0.3 is 11.1 Å². The molecule has 2 rings (SSSR count). The average molecular weight is 258 g/mol. The Morgan fingerprint density at radius 2 is 1.89 bits per heavy atom. The van der Waals surface area contributed by atoms with Crippen LogP contribution in [0.5, 0.6) is 0 Å². The van der Waals surface area contributed by atoms with Crippen molar-refractivity contribution in [1.29, 1.82) is 0 Å². The molecule has 1 aliphatic rings. The maximum Gasteiger partial charge on any atom is 0.416 e. The van der Waals surface area contributed by atoms with Gasteiger partial charge in [-0.25, -0.2) is 0 Å². The molecule has 0 radical (unpaired) electrons. The van der Waals surface area contributed by atoms with Crippen LogP contribution in [-0.2, 0) is 12.7 Å². The third-order valence-electron chi connectivity index (χ3n) is 3.37. The third kappa shape index (κ3) is 2.96. The van der Waals surface area contributed by atoms with E-state index in [9.17, 15) is 13.2 Å². The first kappa shape index (κ1) is 13.2. The highest BCUT2D eigenvalue weighted by molar-refractivity contribution is 5.54. The summed E-state index contributed by atoms with van der Waals surface area (Å²) in [6.07, 6.45) is 0.193. The van der Waals surface area contributed by atoms with Crippen molar-refractivity contribution in [1.82, 2.24) is 0 Å². The second-order valence-corrected chi connectivity index (χ2v) is 4.70. The Balaban J connectivity index is 2.20. The first-order chi connectivity index (χ1) is 8.50. The van der Waals surface area contributed by atoms with Gasteiger partial charge in [0.2, 0.25) is 0 Å². The number of nitrogens with two attached hydrogens (primary N) is 1. The summed E-state index contributed by atoms with van der Waals surface area (Å²) in [7, 11) is 0. The molecule has 0 amide bonds. The highest BCUT2D eigenvalue weighted by Gasteiger charge is 2.31. The molecular formula is C13H17F3N2. The first-order valence-corrected chi connectivity index (χ1v) is 6.17. The quantitative estimate of drug-likeness (QED) is 0.870. The van der Waals surface area contributed by atoms with Crippen molar-refractivity contribution < 1.29 is 13.2 Å². The minimum Gasteiger partial charge on any atom is -0.382 e. The van der Waals surface area contributed by atoms with E-state index >= 15 is 0 Å². The molecule has 18 heavy (non-hydrogen) atoms. The van der Waals surface area contributed by atoms with Gasteiger partial charge in [0.25, 0.3) is 0 Å². The number of rotatable bonds is 3. The zero-order valence-corrected chi connectivity index (χ0v) is 10.1. The summed E-state index contributed by atoms with van der Waals surface area (Å²) in [5, 5.41) is 3.29. The maximum absolute atomic E-state index is 12.6. The van der Waals surface area contributed by atoms with Crippen molar-refractivity contribution in [2.75, 3.05) is 5.32 Å². The Kier molecular flexibility index (Phi) is 3.80. The zero-order valence-electron chi connectivity index (χ0n) is 10.1. The standard InChI is InChI=1S/C13H17F3N2/c14-13(15,16)10-5-6-12(9(7-10)8-17)18-11-3-1-2-4-11/h5-7,11,18H,1-4,8,17H2. The normalized spacial score (nSPS) is 17.1. The molecule has 0 spiro atoms. The van der Waals surface area contributed by atoms with Crippen LogP contribution in [0.3, 0.4) is 0 Å². The first-order valence-electron chi connectivity index (χ1n) is 6.17. The van der Waals surface area contributed by atoms with Crippen LogP contribution < -0.4 is 11.1 Å². The Labute approximate surface area is 104 Å². The van der Waals surface area contributed by atoms with Crippen LogP contribution in [0.2, 0.25) is 0 Å². The largest absolute Gasteiger partial charge is 0.416 e. The van der Waals surface area contributed by atoms with Crippen molar-refractivity contribution >= 4 is 5.69 Å². The van der Waals surface area contributed by atoms with Crippen LogP contribution in [-0.4, -0.2) is 6.04 Å². The summed E-state index contributed by atoms with van der Waals surface area (Å²) in [5.41, 5.74) is 6.15. The Bertz CT molecular complexity index is 409. The number of hydrogen-bond donors (Lipinski definition) is 2. The van der Waals surface area contributed by atoms with Crippen molar-refractivity contribution in [2.24, 2.45) is 5.73 Å². The number of nitrogens with one attached hydrogen (secondary N) is 1. The van der Waals surface area contributed by atoms with E-state index in [1.54, 1.807) is 0 Å². The SMILES string of the molecule is NCc1cc(C(F)(F)F)ccc1NC1CCCC1. The van der Waals surface area contributed by atoms with Gasteiger partial charge >= 0.3 is 6.18 Å². The van der Waals surface area contributed by atoms with Gasteiger partial charge in [0.1, 0.15) is 0 Å². The van der Waals surface area contributed by atoms with E-state index in [1.165, 1.54) is 18.9 Å². The van der Waals surface area contributed by atoms with E-state index in [1.807, 2.05) is 0 Å². The summed E-state index contributed by atoms with van der Waals surface area (Å²) in [6.45, 7) is 0.110. The molecule has 0 aliphatic heterocycles. The van der Waals surface area contributed by atoms with Gasteiger partial charge in [-0.05, 0) is 36.6 Å². The lowest BCUT2D eigenvalue weighted by atomic mass is 10.1. The predicted octanol–water partition coefficient (Wildman–Crippen LogP) is 3.52. The average Bonchev–Trinajstić information content (AvgIpc) is 2.81. The van der Waals surface area contributed by atoms with Gasteiger partial charge in [-0.3, -0.25) is 0 Å². The fourth-order valence-electron chi connectivity index (χ4n) is 2.37. The fourth-order valence-corrected chi connectivity index (χ4v) is 2.37. The van der Waals surface area contributed by atoms with Gasteiger partial charge in [0.15, 0.2) is 0 Å². The minimum atomic E-state index is -4.31. The van der Waals surface area contributed by atoms with E-state index in [-0.39, 0.29) is 6.54 Å². The molecule has 0 atom stereocenters. The molecule has 0 aromatic heterocycles. The second-order valence-electron chi connectivity index (χ2n) is 4.70. The van der Waals surface area contributed by atoms with E-state index in [2.05, 4.69) is 5.32 Å². The summed E-state index contributed by atoms with van der Waals surface area (Å²) < 4.78 is 37.7. The summed E-state index contributed by atoms with van der Waals surface area (Å²) in [5.74, 6) is 0. The van der Waals surface area contributed by atoms with Crippen LogP contribution >= 0.6 is 0 Å². The molecule has 100 valence electrons. The molecule has 1 aliphatic carbocycles. The summed E-state index contributed by atoms with van der Waals surface area (Å²) in [6, 6.07) is 4.10. The van der Waals surface area contributed by atoms with Crippen LogP contribution in [0.15, 0.2) is 18.2 Å². The lowest BCUT2D eigenvalue weighted by Gasteiger charge is -2.18. The summed E-state index contributed by atoms with van der Waals surface area (Å²) >= 11 is 0. The lowest BCUT2D eigenvalue weighted by molar-refractivity contribution is -0.137. The smallest absolute Gasteiger partial charge is 0.382 e. The van der Waals surface area contributed by atoms with Gasteiger partial charge in [-0.2, -0.15) is 13.2 Å². The topological polar surface area (TPSA) is 38.0 Å². The highest BCUT2D eigenvalue weighted by atomic mass is 19.4. The Morgan fingerprint density at radius 3 is 2.44 bits per heavy atom. The molecule has 0 unspecified atom stereocenters. The molecular weight excluding hydrogens is 241 g/mol. The van der Waals surface area contributed by atoms with Gasteiger partial charge in [0.05, 0.1) is 5.56 Å². The zero-order chi connectivity index (χ0) is 13.2. The van der Waals surface area contributed by atoms with Crippen LogP contribution in [0.1, 0.15) is 36.8 Å². The molecule has 0 bridgehead atoms. The molecule has 2 nitrogen and oxygen atoms in total. The Morgan fingerprint density at radius 1 is 1.22 bits per heavy atom. The van der Waals surface area contributed by atoms with E-state index in [4.69, 9.17) is 5.73 Å². The third-order valence-corrected chi connectivity index (χ3v) is 3.37. The van der Waals surface area contributed by atoms with Crippen molar-refractivity contribution in [3.8, 4) is 0 Å². The van der Waals surface area contributed by atoms with Gasteiger partial charge in [0, 0.05) is 18.3 Å².